The van der Waals surface area contributed by atoms with E-state index in [9.17, 15) is 4.79 Å². The SMILES string of the molecule is O=C(O)CCN1CCN(C2CNC2)CC1. The predicted octanol–water partition coefficient (Wildman–Crippen LogP) is -0.949. The third-order valence-electron chi connectivity index (χ3n) is 3.33. The average Bonchev–Trinajstić information content (AvgIpc) is 2.14. The van der Waals surface area contributed by atoms with Crippen LogP contribution in [0.2, 0.25) is 0 Å². The summed E-state index contributed by atoms with van der Waals surface area (Å²) in [5.41, 5.74) is 0. The number of aliphatic carboxylic acids is 1. The van der Waals surface area contributed by atoms with Gasteiger partial charge in [0.1, 0.15) is 0 Å². The number of carboxylic acids is 1. The van der Waals surface area contributed by atoms with Crippen molar-refractivity contribution in [2.45, 2.75) is 12.5 Å². The molecule has 2 aliphatic heterocycles. The van der Waals surface area contributed by atoms with Gasteiger partial charge in [0.05, 0.1) is 6.42 Å². The normalized spacial score (nSPS) is 25.1. The fourth-order valence-electron chi connectivity index (χ4n) is 2.14. The number of piperazine rings is 1. The first-order valence-electron chi connectivity index (χ1n) is 5.64. The van der Waals surface area contributed by atoms with E-state index >= 15 is 0 Å². The summed E-state index contributed by atoms with van der Waals surface area (Å²) in [5.74, 6) is -0.694. The predicted molar refractivity (Wildman–Crippen MR) is 56.9 cm³/mol. The maximum absolute atomic E-state index is 10.4. The Morgan fingerprint density at radius 3 is 2.40 bits per heavy atom. The van der Waals surface area contributed by atoms with Crippen LogP contribution in [0.3, 0.4) is 0 Å². The summed E-state index contributed by atoms with van der Waals surface area (Å²) in [5, 5.41) is 11.9. The van der Waals surface area contributed by atoms with E-state index in [0.717, 1.165) is 45.3 Å². The molecule has 0 unspecified atom stereocenters. The Kier molecular flexibility index (Phi) is 3.56. The molecule has 2 aliphatic rings. The monoisotopic (exact) mass is 213 g/mol. The lowest BCUT2D eigenvalue weighted by atomic mass is 10.1. The van der Waals surface area contributed by atoms with Crippen LogP contribution in [0, 0.1) is 0 Å². The average molecular weight is 213 g/mol. The second-order valence-corrected chi connectivity index (χ2v) is 4.33. The van der Waals surface area contributed by atoms with Gasteiger partial charge in [-0.05, 0) is 0 Å². The summed E-state index contributed by atoms with van der Waals surface area (Å²) < 4.78 is 0. The van der Waals surface area contributed by atoms with Crippen LogP contribution in [0.1, 0.15) is 6.42 Å². The quantitative estimate of drug-likeness (QED) is 0.630. The van der Waals surface area contributed by atoms with Crippen LogP contribution in [0.25, 0.3) is 0 Å². The summed E-state index contributed by atoms with van der Waals surface area (Å²) in [6.45, 7) is 7.15. The first-order chi connectivity index (χ1) is 7.25. The zero-order chi connectivity index (χ0) is 10.7. The van der Waals surface area contributed by atoms with Gasteiger partial charge in [-0.15, -0.1) is 0 Å². The molecule has 2 saturated heterocycles. The number of carbonyl (C=O) groups is 1. The molecule has 86 valence electrons. The molecule has 2 rings (SSSR count). The van der Waals surface area contributed by atoms with Gasteiger partial charge in [-0.1, -0.05) is 0 Å². The summed E-state index contributed by atoms with van der Waals surface area (Å²) in [6.07, 6.45) is 0.269. The lowest BCUT2D eigenvalue weighted by Crippen LogP contribution is -2.61. The lowest BCUT2D eigenvalue weighted by molar-refractivity contribution is -0.137. The van der Waals surface area contributed by atoms with Crippen LogP contribution >= 0.6 is 0 Å². The molecule has 0 radical (unpaired) electrons. The van der Waals surface area contributed by atoms with E-state index in [4.69, 9.17) is 5.11 Å². The highest BCUT2D eigenvalue weighted by atomic mass is 16.4. The fraction of sp³-hybridized carbons (Fsp3) is 0.900. The topological polar surface area (TPSA) is 55.8 Å². The molecule has 0 saturated carbocycles. The van der Waals surface area contributed by atoms with E-state index in [1.165, 1.54) is 0 Å². The van der Waals surface area contributed by atoms with Gasteiger partial charge in [-0.25, -0.2) is 0 Å². The first kappa shape index (κ1) is 10.9. The summed E-state index contributed by atoms with van der Waals surface area (Å²) >= 11 is 0. The third kappa shape index (κ3) is 2.90. The van der Waals surface area contributed by atoms with Crippen LogP contribution in [0.15, 0.2) is 0 Å². The zero-order valence-corrected chi connectivity index (χ0v) is 8.98. The third-order valence-corrected chi connectivity index (χ3v) is 3.33. The molecule has 2 N–H and O–H groups in total. The molecule has 5 heteroatoms. The Labute approximate surface area is 90.0 Å². The minimum absolute atomic E-state index is 0.269. The van der Waals surface area contributed by atoms with Gasteiger partial charge in [-0.3, -0.25) is 9.69 Å². The van der Waals surface area contributed by atoms with Crippen molar-refractivity contribution in [1.29, 1.82) is 0 Å². The molecule has 2 heterocycles. The zero-order valence-electron chi connectivity index (χ0n) is 8.98. The molecule has 0 spiro atoms. The van der Waals surface area contributed by atoms with Crippen LogP contribution in [0.5, 0.6) is 0 Å². The molecule has 15 heavy (non-hydrogen) atoms. The van der Waals surface area contributed by atoms with E-state index in [-0.39, 0.29) is 6.42 Å². The van der Waals surface area contributed by atoms with Gasteiger partial charge >= 0.3 is 5.97 Å². The number of nitrogens with zero attached hydrogens (tertiary/aromatic N) is 2. The number of carboxylic acid groups (broad SMARTS) is 1. The van der Waals surface area contributed by atoms with Crippen LogP contribution < -0.4 is 5.32 Å². The molecular formula is C10H19N3O2. The van der Waals surface area contributed by atoms with Crippen LogP contribution in [-0.4, -0.2) is 72.7 Å². The van der Waals surface area contributed by atoms with Crippen molar-refractivity contribution < 1.29 is 9.90 Å². The number of hydrogen-bond donors (Lipinski definition) is 2. The molecule has 5 nitrogen and oxygen atoms in total. The second-order valence-electron chi connectivity index (χ2n) is 4.33. The highest BCUT2D eigenvalue weighted by Crippen LogP contribution is 2.09. The van der Waals surface area contributed by atoms with Gasteiger partial charge < -0.3 is 15.3 Å². The van der Waals surface area contributed by atoms with Crippen molar-refractivity contribution in [1.82, 2.24) is 15.1 Å². The van der Waals surface area contributed by atoms with Gasteiger partial charge in [0.2, 0.25) is 0 Å². The van der Waals surface area contributed by atoms with Crippen LogP contribution in [0.4, 0.5) is 0 Å². The fourth-order valence-corrected chi connectivity index (χ4v) is 2.14. The van der Waals surface area contributed by atoms with E-state index in [1.807, 2.05) is 0 Å². The summed E-state index contributed by atoms with van der Waals surface area (Å²) in [6, 6.07) is 0.728. The van der Waals surface area contributed by atoms with Gasteiger partial charge in [0, 0.05) is 51.9 Å². The van der Waals surface area contributed by atoms with Crippen molar-refractivity contribution in [2.75, 3.05) is 45.8 Å². The maximum atomic E-state index is 10.4. The molecule has 0 aromatic rings. The van der Waals surface area contributed by atoms with Gasteiger partial charge in [-0.2, -0.15) is 0 Å². The van der Waals surface area contributed by atoms with E-state index in [2.05, 4.69) is 15.1 Å². The van der Waals surface area contributed by atoms with Crippen molar-refractivity contribution in [3.8, 4) is 0 Å². The maximum Gasteiger partial charge on any atom is 0.304 e. The largest absolute Gasteiger partial charge is 0.481 e. The van der Waals surface area contributed by atoms with E-state index in [1.54, 1.807) is 0 Å². The van der Waals surface area contributed by atoms with Crippen molar-refractivity contribution in [3.63, 3.8) is 0 Å². The van der Waals surface area contributed by atoms with E-state index in [0.29, 0.717) is 6.54 Å². The Hall–Kier alpha value is -0.650. The molecule has 0 aliphatic carbocycles. The standard InChI is InChI=1S/C10H19N3O2/c14-10(15)1-2-12-3-5-13(6-4-12)9-7-11-8-9/h9,11H,1-8H2,(H,14,15). The Morgan fingerprint density at radius 2 is 1.93 bits per heavy atom. The Morgan fingerprint density at radius 1 is 1.27 bits per heavy atom. The van der Waals surface area contributed by atoms with Crippen molar-refractivity contribution in [3.05, 3.63) is 0 Å². The Balaban J connectivity index is 1.65. The number of hydrogen-bond acceptors (Lipinski definition) is 4. The van der Waals surface area contributed by atoms with Gasteiger partial charge in [0.25, 0.3) is 0 Å². The molecule has 0 atom stereocenters. The molecule has 0 bridgehead atoms. The minimum atomic E-state index is -0.694. The second kappa shape index (κ2) is 4.92. The number of nitrogens with one attached hydrogen (secondary N) is 1. The molecule has 0 aromatic carbocycles. The number of rotatable bonds is 4. The first-order valence-corrected chi connectivity index (χ1v) is 5.64. The summed E-state index contributed by atoms with van der Waals surface area (Å²) in [4.78, 5) is 15.2. The van der Waals surface area contributed by atoms with Crippen molar-refractivity contribution in [2.24, 2.45) is 0 Å². The minimum Gasteiger partial charge on any atom is -0.481 e. The molecule has 2 fully saturated rings. The highest BCUT2D eigenvalue weighted by Gasteiger charge is 2.27. The van der Waals surface area contributed by atoms with Crippen molar-refractivity contribution >= 4 is 5.97 Å². The van der Waals surface area contributed by atoms with Gasteiger partial charge in [0.15, 0.2) is 0 Å². The Bertz CT molecular complexity index is 223. The highest BCUT2D eigenvalue weighted by molar-refractivity contribution is 5.66. The molecule has 0 amide bonds. The lowest BCUT2D eigenvalue weighted by Gasteiger charge is -2.43. The molecular weight excluding hydrogens is 194 g/mol. The smallest absolute Gasteiger partial charge is 0.304 e. The van der Waals surface area contributed by atoms with E-state index < -0.39 is 5.97 Å². The van der Waals surface area contributed by atoms with Crippen LogP contribution in [-0.2, 0) is 4.79 Å². The summed E-state index contributed by atoms with van der Waals surface area (Å²) in [7, 11) is 0. The molecule has 0 aromatic heterocycles.